The van der Waals surface area contributed by atoms with Crippen molar-refractivity contribution in [3.8, 4) is 5.75 Å². The lowest BCUT2D eigenvalue weighted by Crippen LogP contribution is -2.09. The van der Waals surface area contributed by atoms with Crippen LogP contribution in [0.4, 0.5) is 4.39 Å². The first kappa shape index (κ1) is 16.2. The minimum atomic E-state index is -3.99. The summed E-state index contributed by atoms with van der Waals surface area (Å²) in [5.41, 5.74) is 0.918. The first-order valence-corrected chi connectivity index (χ1v) is 8.06. The van der Waals surface area contributed by atoms with E-state index in [9.17, 15) is 17.6 Å². The molecule has 0 spiro atoms. The average molecular weight is 322 g/mol. The molecule has 2 aromatic rings. The summed E-state index contributed by atoms with van der Waals surface area (Å²) in [4.78, 5) is 10.8. The molecule has 116 valence electrons. The van der Waals surface area contributed by atoms with E-state index in [0.717, 1.165) is 29.8 Å². The molecule has 0 saturated heterocycles. The molecule has 22 heavy (non-hydrogen) atoms. The van der Waals surface area contributed by atoms with Crippen LogP contribution in [0.15, 0.2) is 53.4 Å². The topological polar surface area (TPSA) is 60.4 Å². The van der Waals surface area contributed by atoms with Crippen molar-refractivity contribution >= 4 is 15.9 Å². The maximum Gasteiger partial charge on any atom is 0.339 e. The van der Waals surface area contributed by atoms with Gasteiger partial charge in [-0.15, -0.1) is 0 Å². The van der Waals surface area contributed by atoms with Gasteiger partial charge < -0.3 is 8.98 Å². The molecule has 2 aromatic carbocycles. The number of hydrogen-bond donors (Lipinski definition) is 0. The Morgan fingerprint density at radius 1 is 1.05 bits per heavy atom. The van der Waals surface area contributed by atoms with E-state index in [1.54, 1.807) is 12.1 Å². The lowest BCUT2D eigenvalue weighted by Gasteiger charge is -2.07. The van der Waals surface area contributed by atoms with Crippen molar-refractivity contribution in [2.45, 2.75) is 24.7 Å². The average Bonchev–Trinajstić information content (AvgIpc) is 2.46. The predicted octanol–water partition coefficient (Wildman–Crippen LogP) is 3.12. The van der Waals surface area contributed by atoms with Crippen LogP contribution in [0.5, 0.6) is 5.75 Å². The highest BCUT2D eigenvalue weighted by atomic mass is 32.2. The second kappa shape index (κ2) is 6.70. The predicted molar refractivity (Wildman–Crippen MR) is 79.7 cm³/mol. The third-order valence-electron chi connectivity index (χ3n) is 3.00. The fourth-order valence-electron chi connectivity index (χ4n) is 1.81. The second-order valence-electron chi connectivity index (χ2n) is 4.84. The van der Waals surface area contributed by atoms with E-state index in [-0.39, 0.29) is 16.4 Å². The van der Waals surface area contributed by atoms with Crippen LogP contribution in [0.3, 0.4) is 0 Å². The van der Waals surface area contributed by atoms with E-state index in [2.05, 4.69) is 0 Å². The quantitative estimate of drug-likeness (QED) is 0.767. The number of benzene rings is 2. The molecule has 0 atom stereocenters. The van der Waals surface area contributed by atoms with Gasteiger partial charge in [-0.1, -0.05) is 12.1 Å². The molecule has 0 aliphatic heterocycles. The summed E-state index contributed by atoms with van der Waals surface area (Å²) in [5, 5.41) is 0. The van der Waals surface area contributed by atoms with Gasteiger partial charge in [-0.25, -0.2) is 4.39 Å². The van der Waals surface area contributed by atoms with E-state index in [0.29, 0.717) is 12.8 Å². The lowest BCUT2D eigenvalue weighted by molar-refractivity contribution is -0.116. The highest BCUT2D eigenvalue weighted by Gasteiger charge is 2.16. The van der Waals surface area contributed by atoms with E-state index in [1.165, 1.54) is 19.1 Å². The van der Waals surface area contributed by atoms with E-state index in [1.807, 2.05) is 0 Å². The van der Waals surface area contributed by atoms with Gasteiger partial charge in [0, 0.05) is 6.42 Å². The monoisotopic (exact) mass is 322 g/mol. The maximum atomic E-state index is 12.8. The zero-order valence-corrected chi connectivity index (χ0v) is 12.8. The van der Waals surface area contributed by atoms with Gasteiger partial charge in [-0.2, -0.15) is 8.42 Å². The summed E-state index contributed by atoms with van der Waals surface area (Å²) < 4.78 is 41.9. The van der Waals surface area contributed by atoms with Gasteiger partial charge >= 0.3 is 10.1 Å². The smallest absolute Gasteiger partial charge is 0.339 e. The van der Waals surface area contributed by atoms with E-state index >= 15 is 0 Å². The Hall–Kier alpha value is -2.21. The first-order valence-electron chi connectivity index (χ1n) is 6.65. The molecule has 2 rings (SSSR count). The van der Waals surface area contributed by atoms with Crippen LogP contribution in [-0.2, 0) is 21.3 Å². The van der Waals surface area contributed by atoms with Crippen molar-refractivity contribution < 1.29 is 21.8 Å². The SMILES string of the molecule is CC(=O)CCc1ccc(OS(=O)(=O)c2ccc(F)cc2)cc1. The van der Waals surface area contributed by atoms with Crippen molar-refractivity contribution in [2.24, 2.45) is 0 Å². The van der Waals surface area contributed by atoms with Crippen molar-refractivity contribution in [3.05, 3.63) is 59.9 Å². The summed E-state index contributed by atoms with van der Waals surface area (Å²) >= 11 is 0. The van der Waals surface area contributed by atoms with Crippen LogP contribution >= 0.6 is 0 Å². The zero-order valence-electron chi connectivity index (χ0n) is 12.0. The van der Waals surface area contributed by atoms with Crippen molar-refractivity contribution in [3.63, 3.8) is 0 Å². The summed E-state index contributed by atoms with van der Waals surface area (Å²) in [6.07, 6.45) is 1.04. The fraction of sp³-hybridized carbons (Fsp3) is 0.188. The molecule has 4 nitrogen and oxygen atoms in total. The third kappa shape index (κ3) is 4.39. The Morgan fingerprint density at radius 3 is 2.18 bits per heavy atom. The van der Waals surface area contributed by atoms with Crippen LogP contribution < -0.4 is 4.18 Å². The van der Waals surface area contributed by atoms with Crippen LogP contribution in [0.2, 0.25) is 0 Å². The van der Waals surface area contributed by atoms with Gasteiger partial charge in [-0.05, 0) is 55.3 Å². The zero-order chi connectivity index (χ0) is 16.2. The van der Waals surface area contributed by atoms with Crippen LogP contribution in [0, 0.1) is 5.82 Å². The van der Waals surface area contributed by atoms with Crippen LogP contribution in [-0.4, -0.2) is 14.2 Å². The highest BCUT2D eigenvalue weighted by Crippen LogP contribution is 2.20. The van der Waals surface area contributed by atoms with Crippen molar-refractivity contribution in [1.82, 2.24) is 0 Å². The summed E-state index contributed by atoms with van der Waals surface area (Å²) in [5.74, 6) is -0.260. The number of aryl methyl sites for hydroxylation is 1. The molecule has 0 bridgehead atoms. The molecule has 0 N–H and O–H groups in total. The number of ketones is 1. The molecule has 0 heterocycles. The largest absolute Gasteiger partial charge is 0.379 e. The Morgan fingerprint density at radius 2 is 1.64 bits per heavy atom. The fourth-order valence-corrected chi connectivity index (χ4v) is 2.74. The van der Waals surface area contributed by atoms with E-state index < -0.39 is 15.9 Å². The van der Waals surface area contributed by atoms with Gasteiger partial charge in [0.25, 0.3) is 0 Å². The van der Waals surface area contributed by atoms with Gasteiger partial charge in [-0.3, -0.25) is 0 Å². The molecule has 0 radical (unpaired) electrons. The number of Topliss-reactive ketones (excluding diaryl/α,β-unsaturated/α-hetero) is 1. The van der Waals surface area contributed by atoms with Gasteiger partial charge in [0.1, 0.15) is 22.2 Å². The Balaban J connectivity index is 2.09. The Labute approximate surface area is 128 Å². The number of carbonyl (C=O) groups is 1. The normalized spacial score (nSPS) is 11.2. The minimum absolute atomic E-state index is 0.0965. The molecule has 6 heteroatoms. The number of rotatable bonds is 6. The summed E-state index contributed by atoms with van der Waals surface area (Å²) in [6.45, 7) is 1.52. The molecule has 0 amide bonds. The molecule has 0 unspecified atom stereocenters. The summed E-state index contributed by atoms with van der Waals surface area (Å²) in [7, 11) is -3.99. The molecule has 0 aliphatic rings. The maximum absolute atomic E-state index is 12.8. The first-order chi connectivity index (χ1) is 10.4. The van der Waals surface area contributed by atoms with Crippen LogP contribution in [0.1, 0.15) is 18.9 Å². The summed E-state index contributed by atoms with van der Waals surface area (Å²) in [6, 6.07) is 10.9. The van der Waals surface area contributed by atoms with Crippen molar-refractivity contribution in [1.29, 1.82) is 0 Å². The molecular formula is C16H15FO4S. The van der Waals surface area contributed by atoms with Gasteiger partial charge in [0.05, 0.1) is 0 Å². The number of halogens is 1. The van der Waals surface area contributed by atoms with Gasteiger partial charge in [0.2, 0.25) is 0 Å². The highest BCUT2D eigenvalue weighted by molar-refractivity contribution is 7.87. The third-order valence-corrected chi connectivity index (χ3v) is 4.26. The standard InChI is InChI=1S/C16H15FO4S/c1-12(18)2-3-13-4-8-15(9-5-13)21-22(19,20)16-10-6-14(17)7-11-16/h4-11H,2-3H2,1H3. The van der Waals surface area contributed by atoms with E-state index in [4.69, 9.17) is 4.18 Å². The second-order valence-corrected chi connectivity index (χ2v) is 6.38. The molecule has 0 aliphatic carbocycles. The molecule has 0 saturated carbocycles. The number of carbonyl (C=O) groups excluding carboxylic acids is 1. The van der Waals surface area contributed by atoms with Crippen LogP contribution in [0.25, 0.3) is 0 Å². The minimum Gasteiger partial charge on any atom is -0.379 e. The van der Waals surface area contributed by atoms with Crippen molar-refractivity contribution in [2.75, 3.05) is 0 Å². The van der Waals surface area contributed by atoms with Gasteiger partial charge in [0.15, 0.2) is 0 Å². The molecule has 0 fully saturated rings. The Kier molecular flexibility index (Phi) is 4.92. The lowest BCUT2D eigenvalue weighted by atomic mass is 10.1. The number of hydrogen-bond acceptors (Lipinski definition) is 4. The molecular weight excluding hydrogens is 307 g/mol. The molecule has 0 aromatic heterocycles. The Bertz CT molecular complexity index is 750.